The topological polar surface area (TPSA) is 50.5 Å². The van der Waals surface area contributed by atoms with Gasteiger partial charge in [0.25, 0.3) is 5.24 Å². The normalized spacial score (nSPS) is 19.7. The zero-order valence-electron chi connectivity index (χ0n) is 9.38. The van der Waals surface area contributed by atoms with E-state index in [0.717, 1.165) is 0 Å². The quantitative estimate of drug-likeness (QED) is 0.777. The maximum absolute atomic E-state index is 13.2. The molecule has 0 amide bonds. The molecule has 0 spiro atoms. The highest BCUT2D eigenvalue weighted by Crippen LogP contribution is 2.20. The maximum Gasteiger partial charge on any atom is 0.272 e. The lowest BCUT2D eigenvalue weighted by Gasteiger charge is -2.15. The number of imidazole rings is 1. The van der Waals surface area contributed by atoms with Crippen molar-refractivity contribution < 1.29 is 9.18 Å². The van der Waals surface area contributed by atoms with E-state index in [-0.39, 0.29) is 5.69 Å². The molecule has 1 aliphatic rings. The average molecular weight is 269 g/mol. The maximum atomic E-state index is 13.2. The van der Waals surface area contributed by atoms with Crippen LogP contribution in [0, 0.1) is 0 Å². The highest BCUT2D eigenvalue weighted by molar-refractivity contribution is 6.67. The van der Waals surface area contributed by atoms with Gasteiger partial charge in [0.1, 0.15) is 17.7 Å². The number of hydrogen-bond acceptors (Lipinski definition) is 4. The minimum Gasteiger partial charge on any atom is -0.352 e. The third-order valence-electron chi connectivity index (χ3n) is 3.00. The second-order valence-corrected chi connectivity index (χ2v) is 4.55. The SMILES string of the molecule is O=C(Cl)c1cnc2ccc(N3CCC(F)C3)nn12. The molecule has 18 heavy (non-hydrogen) atoms. The molecular weight excluding hydrogens is 259 g/mol. The Hall–Kier alpha value is -1.69. The zero-order chi connectivity index (χ0) is 12.7. The lowest BCUT2D eigenvalue weighted by molar-refractivity contribution is 0.107. The van der Waals surface area contributed by atoms with Crippen LogP contribution in [0.2, 0.25) is 0 Å². The van der Waals surface area contributed by atoms with Crippen LogP contribution in [0.1, 0.15) is 16.9 Å². The van der Waals surface area contributed by atoms with E-state index in [1.54, 1.807) is 12.1 Å². The van der Waals surface area contributed by atoms with Crippen LogP contribution in [0.4, 0.5) is 10.2 Å². The first-order chi connectivity index (χ1) is 8.65. The van der Waals surface area contributed by atoms with E-state index in [2.05, 4.69) is 10.1 Å². The largest absolute Gasteiger partial charge is 0.352 e. The van der Waals surface area contributed by atoms with Crippen LogP contribution in [0.5, 0.6) is 0 Å². The van der Waals surface area contributed by atoms with E-state index in [9.17, 15) is 9.18 Å². The number of halogens is 2. The first-order valence-electron chi connectivity index (χ1n) is 5.59. The predicted octanol–water partition coefficient (Wildman–Crippen LogP) is 1.66. The summed E-state index contributed by atoms with van der Waals surface area (Å²) in [5, 5.41) is 3.67. The highest BCUT2D eigenvalue weighted by atomic mass is 35.5. The van der Waals surface area contributed by atoms with Crippen LogP contribution >= 0.6 is 11.6 Å². The number of aromatic nitrogens is 3. The van der Waals surface area contributed by atoms with Crippen molar-refractivity contribution in [3.05, 3.63) is 24.0 Å². The Morgan fingerprint density at radius 1 is 1.50 bits per heavy atom. The van der Waals surface area contributed by atoms with Crippen molar-refractivity contribution >= 4 is 28.3 Å². The van der Waals surface area contributed by atoms with E-state index >= 15 is 0 Å². The second-order valence-electron chi connectivity index (χ2n) is 4.21. The van der Waals surface area contributed by atoms with Gasteiger partial charge in [0.15, 0.2) is 5.65 Å². The van der Waals surface area contributed by atoms with Crippen LogP contribution in [0.25, 0.3) is 5.65 Å². The van der Waals surface area contributed by atoms with E-state index < -0.39 is 11.4 Å². The lowest BCUT2D eigenvalue weighted by Crippen LogP contribution is -2.22. The van der Waals surface area contributed by atoms with Crippen LogP contribution in [0.15, 0.2) is 18.3 Å². The molecule has 1 saturated heterocycles. The van der Waals surface area contributed by atoms with Gasteiger partial charge in [0.05, 0.1) is 12.7 Å². The van der Waals surface area contributed by atoms with E-state index in [0.29, 0.717) is 31.0 Å². The number of carbonyl (C=O) groups is 1. The Morgan fingerprint density at radius 3 is 3.00 bits per heavy atom. The number of fused-ring (bicyclic) bond motifs is 1. The van der Waals surface area contributed by atoms with Crippen molar-refractivity contribution in [1.29, 1.82) is 0 Å². The zero-order valence-corrected chi connectivity index (χ0v) is 10.1. The third-order valence-corrected chi connectivity index (χ3v) is 3.20. The van der Waals surface area contributed by atoms with Gasteiger partial charge in [-0.25, -0.2) is 13.9 Å². The number of rotatable bonds is 2. The van der Waals surface area contributed by atoms with Gasteiger partial charge in [-0.05, 0) is 30.2 Å². The van der Waals surface area contributed by atoms with Crippen molar-refractivity contribution in [2.24, 2.45) is 0 Å². The summed E-state index contributed by atoms with van der Waals surface area (Å²) in [4.78, 5) is 17.1. The summed E-state index contributed by atoms with van der Waals surface area (Å²) in [5.74, 6) is 0.625. The van der Waals surface area contributed by atoms with Gasteiger partial charge in [-0.2, -0.15) is 0 Å². The Morgan fingerprint density at radius 2 is 2.33 bits per heavy atom. The van der Waals surface area contributed by atoms with Crippen molar-refractivity contribution in [1.82, 2.24) is 14.6 Å². The number of carbonyl (C=O) groups excluding carboxylic acids is 1. The fraction of sp³-hybridized carbons (Fsp3) is 0.364. The molecule has 1 atom stereocenters. The fourth-order valence-corrected chi connectivity index (χ4v) is 2.22. The Labute approximate surface area is 107 Å². The van der Waals surface area contributed by atoms with Crippen LogP contribution in [-0.4, -0.2) is 39.1 Å². The predicted molar refractivity (Wildman–Crippen MR) is 64.9 cm³/mol. The highest BCUT2D eigenvalue weighted by Gasteiger charge is 2.23. The summed E-state index contributed by atoms with van der Waals surface area (Å²) in [7, 11) is 0. The molecule has 2 aromatic heterocycles. The summed E-state index contributed by atoms with van der Waals surface area (Å²) >= 11 is 5.45. The van der Waals surface area contributed by atoms with E-state index in [4.69, 9.17) is 11.6 Å². The standard InChI is InChI=1S/C11H10ClFN4O/c12-11(18)8-5-14-9-1-2-10(15-17(8)9)16-4-3-7(13)6-16/h1-2,5,7H,3-4,6H2. The fourth-order valence-electron chi connectivity index (χ4n) is 2.09. The monoisotopic (exact) mass is 268 g/mol. The van der Waals surface area contributed by atoms with Gasteiger partial charge >= 0.3 is 0 Å². The molecule has 3 heterocycles. The molecule has 0 N–H and O–H groups in total. The van der Waals surface area contributed by atoms with Crippen molar-refractivity contribution in [2.75, 3.05) is 18.0 Å². The summed E-state index contributed by atoms with van der Waals surface area (Å²) in [6, 6.07) is 3.50. The molecule has 0 aromatic carbocycles. The van der Waals surface area contributed by atoms with Gasteiger partial charge in [0.2, 0.25) is 0 Å². The molecule has 1 aliphatic heterocycles. The Kier molecular flexibility index (Phi) is 2.66. The molecule has 1 unspecified atom stereocenters. The molecule has 1 fully saturated rings. The molecular formula is C11H10ClFN4O. The van der Waals surface area contributed by atoms with Crippen LogP contribution in [-0.2, 0) is 0 Å². The van der Waals surface area contributed by atoms with Gasteiger partial charge in [-0.15, -0.1) is 5.10 Å². The van der Waals surface area contributed by atoms with Crippen molar-refractivity contribution in [3.8, 4) is 0 Å². The number of hydrogen-bond donors (Lipinski definition) is 0. The smallest absolute Gasteiger partial charge is 0.272 e. The first kappa shape index (κ1) is 11.4. The minimum atomic E-state index is -0.820. The molecule has 7 heteroatoms. The summed E-state index contributed by atoms with van der Waals surface area (Å²) in [5.41, 5.74) is 0.753. The molecule has 2 aromatic rings. The molecule has 0 aliphatic carbocycles. The van der Waals surface area contributed by atoms with Gasteiger partial charge in [-0.3, -0.25) is 4.79 Å². The molecule has 0 bridgehead atoms. The van der Waals surface area contributed by atoms with Gasteiger partial charge in [0, 0.05) is 6.54 Å². The third kappa shape index (κ3) is 1.82. The van der Waals surface area contributed by atoms with Crippen LogP contribution in [0.3, 0.4) is 0 Å². The molecule has 0 saturated carbocycles. The number of anilines is 1. The lowest BCUT2D eigenvalue weighted by atomic mass is 10.3. The summed E-state index contributed by atoms with van der Waals surface area (Å²) in [6.07, 6.45) is 1.06. The Balaban J connectivity index is 2.04. The number of alkyl halides is 1. The average Bonchev–Trinajstić information content (AvgIpc) is 2.93. The minimum absolute atomic E-state index is 0.213. The molecule has 5 nitrogen and oxygen atoms in total. The second kappa shape index (κ2) is 4.20. The summed E-state index contributed by atoms with van der Waals surface area (Å²) in [6.45, 7) is 0.954. The molecule has 0 radical (unpaired) electrons. The van der Waals surface area contributed by atoms with Crippen LogP contribution < -0.4 is 4.90 Å². The van der Waals surface area contributed by atoms with Crippen molar-refractivity contribution in [3.63, 3.8) is 0 Å². The van der Waals surface area contributed by atoms with E-state index in [1.807, 2.05) is 4.90 Å². The van der Waals surface area contributed by atoms with Crippen molar-refractivity contribution in [2.45, 2.75) is 12.6 Å². The van der Waals surface area contributed by atoms with Gasteiger partial charge < -0.3 is 4.90 Å². The number of nitrogens with zero attached hydrogens (tertiary/aromatic N) is 4. The Bertz CT molecular complexity index is 614. The first-order valence-corrected chi connectivity index (χ1v) is 5.96. The van der Waals surface area contributed by atoms with Gasteiger partial charge in [-0.1, -0.05) is 0 Å². The molecule has 3 rings (SSSR count). The molecule has 94 valence electrons. The van der Waals surface area contributed by atoms with E-state index in [1.165, 1.54) is 10.7 Å². The summed E-state index contributed by atoms with van der Waals surface area (Å²) < 4.78 is 14.5.